The van der Waals surface area contributed by atoms with Crippen molar-refractivity contribution in [3.05, 3.63) is 46.9 Å². The van der Waals surface area contributed by atoms with Crippen LogP contribution in [0.5, 0.6) is 0 Å². The molecule has 0 radical (unpaired) electrons. The highest BCUT2D eigenvalue weighted by Crippen LogP contribution is 2.27. The van der Waals surface area contributed by atoms with E-state index in [1.165, 1.54) is 6.33 Å². The summed E-state index contributed by atoms with van der Waals surface area (Å²) in [5, 5.41) is 8.14. The van der Waals surface area contributed by atoms with Gasteiger partial charge in [-0.2, -0.15) is 14.6 Å². The zero-order valence-electron chi connectivity index (χ0n) is 10.6. The van der Waals surface area contributed by atoms with E-state index in [2.05, 4.69) is 20.4 Å². The summed E-state index contributed by atoms with van der Waals surface area (Å²) in [7, 11) is 0. The van der Waals surface area contributed by atoms with E-state index in [1.807, 2.05) is 38.1 Å². The standard InChI is InChI=1S/C13H12ClN5/c1-8-9(2)17-13-15-7-16-19(13)12(8)18-11-6-4-3-5-10(11)14/h3-7,18H,1-2H3. The van der Waals surface area contributed by atoms with Crippen LogP contribution in [0.15, 0.2) is 30.6 Å². The monoisotopic (exact) mass is 273 g/mol. The second-order valence-electron chi connectivity index (χ2n) is 4.25. The predicted octanol–water partition coefficient (Wildman–Crippen LogP) is 3.14. The molecular formula is C13H12ClN5. The van der Waals surface area contributed by atoms with Gasteiger partial charge >= 0.3 is 0 Å². The molecule has 5 nitrogen and oxygen atoms in total. The molecule has 0 aliphatic heterocycles. The first-order valence-electron chi connectivity index (χ1n) is 5.85. The van der Waals surface area contributed by atoms with Crippen molar-refractivity contribution in [2.45, 2.75) is 13.8 Å². The summed E-state index contributed by atoms with van der Waals surface area (Å²) in [6.07, 6.45) is 1.49. The van der Waals surface area contributed by atoms with Crippen LogP contribution in [0.25, 0.3) is 5.78 Å². The minimum Gasteiger partial charge on any atom is -0.339 e. The number of aromatic nitrogens is 4. The van der Waals surface area contributed by atoms with Gasteiger partial charge in [-0.25, -0.2) is 4.98 Å². The average molecular weight is 274 g/mol. The fourth-order valence-electron chi connectivity index (χ4n) is 1.87. The van der Waals surface area contributed by atoms with Gasteiger partial charge in [0.05, 0.1) is 10.7 Å². The lowest BCUT2D eigenvalue weighted by atomic mass is 10.2. The second-order valence-corrected chi connectivity index (χ2v) is 4.65. The van der Waals surface area contributed by atoms with Crippen molar-refractivity contribution in [2.24, 2.45) is 0 Å². The minimum atomic E-state index is 0.567. The second kappa shape index (κ2) is 4.51. The van der Waals surface area contributed by atoms with Gasteiger partial charge in [-0.05, 0) is 26.0 Å². The first-order chi connectivity index (χ1) is 9.16. The molecule has 0 unspecified atom stereocenters. The van der Waals surface area contributed by atoms with E-state index >= 15 is 0 Å². The normalized spacial score (nSPS) is 10.9. The number of para-hydroxylation sites is 1. The Balaban J connectivity index is 2.17. The summed E-state index contributed by atoms with van der Waals surface area (Å²) in [4.78, 5) is 8.49. The molecule has 3 aromatic rings. The van der Waals surface area contributed by atoms with E-state index in [9.17, 15) is 0 Å². The Morgan fingerprint density at radius 3 is 2.79 bits per heavy atom. The number of halogens is 1. The minimum absolute atomic E-state index is 0.567. The molecule has 0 saturated carbocycles. The Hall–Kier alpha value is -2.14. The summed E-state index contributed by atoms with van der Waals surface area (Å²) in [6.45, 7) is 3.93. The van der Waals surface area contributed by atoms with E-state index < -0.39 is 0 Å². The summed E-state index contributed by atoms with van der Waals surface area (Å²) in [5.74, 6) is 1.39. The number of nitrogens with zero attached hydrogens (tertiary/aromatic N) is 4. The number of benzene rings is 1. The van der Waals surface area contributed by atoms with Gasteiger partial charge in [0.2, 0.25) is 0 Å². The smallest absolute Gasteiger partial charge is 0.254 e. The number of nitrogens with one attached hydrogen (secondary N) is 1. The fraction of sp³-hybridized carbons (Fsp3) is 0.154. The summed E-state index contributed by atoms with van der Waals surface area (Å²) < 4.78 is 1.67. The highest BCUT2D eigenvalue weighted by Gasteiger charge is 2.12. The molecule has 0 saturated heterocycles. The summed E-state index contributed by atoms with van der Waals surface area (Å²) in [6, 6.07) is 7.57. The van der Waals surface area contributed by atoms with Crippen molar-refractivity contribution in [2.75, 3.05) is 5.32 Å². The van der Waals surface area contributed by atoms with Gasteiger partial charge in [0, 0.05) is 11.3 Å². The molecular weight excluding hydrogens is 262 g/mol. The van der Waals surface area contributed by atoms with Crippen LogP contribution in [0.3, 0.4) is 0 Å². The van der Waals surface area contributed by atoms with E-state index in [0.717, 1.165) is 22.8 Å². The Bertz CT molecular complexity index is 750. The van der Waals surface area contributed by atoms with E-state index in [4.69, 9.17) is 11.6 Å². The quantitative estimate of drug-likeness (QED) is 0.779. The Labute approximate surface area is 115 Å². The zero-order chi connectivity index (χ0) is 13.4. The number of fused-ring (bicyclic) bond motifs is 1. The van der Waals surface area contributed by atoms with Gasteiger partial charge in [0.1, 0.15) is 12.1 Å². The lowest BCUT2D eigenvalue weighted by molar-refractivity contribution is 0.923. The number of hydrogen-bond donors (Lipinski definition) is 1. The number of hydrogen-bond acceptors (Lipinski definition) is 4. The van der Waals surface area contributed by atoms with Crippen LogP contribution in [-0.2, 0) is 0 Å². The van der Waals surface area contributed by atoms with Gasteiger partial charge < -0.3 is 5.32 Å². The lowest BCUT2D eigenvalue weighted by Gasteiger charge is -2.13. The van der Waals surface area contributed by atoms with Crippen molar-refractivity contribution < 1.29 is 0 Å². The SMILES string of the molecule is Cc1nc2ncnn2c(Nc2ccccc2Cl)c1C. The third-order valence-corrected chi connectivity index (χ3v) is 3.36. The molecule has 0 aliphatic carbocycles. The van der Waals surface area contributed by atoms with Crippen LogP contribution in [0.1, 0.15) is 11.3 Å². The number of rotatable bonds is 2. The Kier molecular flexibility index (Phi) is 2.83. The Morgan fingerprint density at radius 1 is 1.21 bits per heavy atom. The van der Waals surface area contributed by atoms with Gasteiger partial charge in [-0.15, -0.1) is 0 Å². The maximum atomic E-state index is 6.17. The van der Waals surface area contributed by atoms with Gasteiger partial charge in [-0.3, -0.25) is 0 Å². The van der Waals surface area contributed by atoms with Crippen LogP contribution < -0.4 is 5.32 Å². The lowest BCUT2D eigenvalue weighted by Crippen LogP contribution is -2.06. The molecule has 0 spiro atoms. The molecule has 96 valence electrons. The molecule has 19 heavy (non-hydrogen) atoms. The van der Waals surface area contributed by atoms with Crippen molar-refractivity contribution in [1.29, 1.82) is 0 Å². The van der Waals surface area contributed by atoms with Crippen LogP contribution >= 0.6 is 11.6 Å². The van der Waals surface area contributed by atoms with Crippen LogP contribution in [0.2, 0.25) is 5.02 Å². The Morgan fingerprint density at radius 2 is 2.00 bits per heavy atom. The van der Waals surface area contributed by atoms with Gasteiger partial charge in [0.15, 0.2) is 0 Å². The van der Waals surface area contributed by atoms with Gasteiger partial charge in [-0.1, -0.05) is 23.7 Å². The number of aryl methyl sites for hydroxylation is 1. The van der Waals surface area contributed by atoms with Crippen LogP contribution in [0, 0.1) is 13.8 Å². The first-order valence-corrected chi connectivity index (χ1v) is 6.23. The van der Waals surface area contributed by atoms with E-state index in [1.54, 1.807) is 4.52 Å². The molecule has 0 amide bonds. The van der Waals surface area contributed by atoms with E-state index in [-0.39, 0.29) is 0 Å². The third kappa shape index (κ3) is 2.02. The topological polar surface area (TPSA) is 55.1 Å². The van der Waals surface area contributed by atoms with Crippen molar-refractivity contribution in [3.8, 4) is 0 Å². The molecule has 2 aromatic heterocycles. The first kappa shape index (κ1) is 11.9. The zero-order valence-corrected chi connectivity index (χ0v) is 11.3. The number of anilines is 2. The summed E-state index contributed by atoms with van der Waals surface area (Å²) in [5.41, 5.74) is 2.75. The molecule has 6 heteroatoms. The van der Waals surface area contributed by atoms with Crippen LogP contribution in [0.4, 0.5) is 11.5 Å². The summed E-state index contributed by atoms with van der Waals surface area (Å²) >= 11 is 6.17. The average Bonchev–Trinajstić information content (AvgIpc) is 2.85. The molecule has 0 aliphatic rings. The van der Waals surface area contributed by atoms with Crippen molar-refractivity contribution in [3.63, 3.8) is 0 Å². The highest BCUT2D eigenvalue weighted by atomic mass is 35.5. The highest BCUT2D eigenvalue weighted by molar-refractivity contribution is 6.33. The van der Waals surface area contributed by atoms with E-state index in [0.29, 0.717) is 10.8 Å². The van der Waals surface area contributed by atoms with Crippen molar-refractivity contribution in [1.82, 2.24) is 19.6 Å². The molecule has 0 atom stereocenters. The molecule has 2 heterocycles. The van der Waals surface area contributed by atoms with Crippen LogP contribution in [-0.4, -0.2) is 19.6 Å². The molecule has 1 aromatic carbocycles. The molecule has 3 rings (SSSR count). The maximum Gasteiger partial charge on any atom is 0.254 e. The molecule has 1 N–H and O–H groups in total. The molecule has 0 fully saturated rings. The maximum absolute atomic E-state index is 6.17. The largest absolute Gasteiger partial charge is 0.339 e. The van der Waals surface area contributed by atoms with Gasteiger partial charge in [0.25, 0.3) is 5.78 Å². The molecule has 0 bridgehead atoms. The van der Waals surface area contributed by atoms with Crippen molar-refractivity contribution >= 4 is 28.9 Å². The predicted molar refractivity (Wildman–Crippen MR) is 75.0 cm³/mol. The fourth-order valence-corrected chi connectivity index (χ4v) is 2.05. The third-order valence-electron chi connectivity index (χ3n) is 3.03.